The van der Waals surface area contributed by atoms with Gasteiger partial charge in [0.2, 0.25) is 0 Å². The quantitative estimate of drug-likeness (QED) is 0.538. The van der Waals surface area contributed by atoms with E-state index in [0.29, 0.717) is 0 Å². The largest absolute Gasteiger partial charge is 0.390 e. The smallest absolute Gasteiger partial charge is 0.125 e. The summed E-state index contributed by atoms with van der Waals surface area (Å²) in [4.78, 5) is 0. The van der Waals surface area contributed by atoms with Crippen LogP contribution in [-0.2, 0) is 4.74 Å². The summed E-state index contributed by atoms with van der Waals surface area (Å²) in [6, 6.07) is 0. The van der Waals surface area contributed by atoms with Gasteiger partial charge in [-0.2, -0.15) is 0 Å². The summed E-state index contributed by atoms with van der Waals surface area (Å²) in [5.41, 5.74) is 0. The second kappa shape index (κ2) is 2.46. The topological polar surface area (TPSA) is 29.5 Å². The van der Waals surface area contributed by atoms with Gasteiger partial charge in [-0.05, 0) is 19.8 Å². The average Bonchev–Trinajstić information content (AvgIpc) is 2.12. The molecular formula is C6H10O2. The number of rotatable bonds is 1. The van der Waals surface area contributed by atoms with Crippen molar-refractivity contribution in [1.29, 1.82) is 0 Å². The predicted molar refractivity (Wildman–Crippen MR) is 29.8 cm³/mol. The SMILES string of the molecule is [CH2]C(O)[C]1CCCO1. The maximum Gasteiger partial charge on any atom is 0.125 e. The summed E-state index contributed by atoms with van der Waals surface area (Å²) in [6.45, 7) is 4.17. The number of hydrogen-bond acceptors (Lipinski definition) is 2. The first-order valence-corrected chi connectivity index (χ1v) is 2.80. The third kappa shape index (κ3) is 1.20. The van der Waals surface area contributed by atoms with E-state index in [0.717, 1.165) is 25.6 Å². The molecule has 0 bridgehead atoms. The summed E-state index contributed by atoms with van der Waals surface area (Å²) in [5, 5.41) is 8.78. The lowest BCUT2D eigenvalue weighted by molar-refractivity contribution is 0.0979. The molecule has 1 rings (SSSR count). The first kappa shape index (κ1) is 6.05. The van der Waals surface area contributed by atoms with Crippen LogP contribution in [0.2, 0.25) is 0 Å². The van der Waals surface area contributed by atoms with Crippen molar-refractivity contribution in [3.05, 3.63) is 13.0 Å². The zero-order chi connectivity index (χ0) is 5.98. The van der Waals surface area contributed by atoms with Crippen LogP contribution in [0.3, 0.4) is 0 Å². The van der Waals surface area contributed by atoms with E-state index in [1.165, 1.54) is 0 Å². The van der Waals surface area contributed by atoms with Crippen LogP contribution in [0.5, 0.6) is 0 Å². The Balaban J connectivity index is 2.24. The fourth-order valence-corrected chi connectivity index (χ4v) is 0.785. The Morgan fingerprint density at radius 2 is 2.50 bits per heavy atom. The highest BCUT2D eigenvalue weighted by Gasteiger charge is 2.21. The molecule has 2 nitrogen and oxygen atoms in total. The number of aliphatic hydroxyl groups is 1. The Morgan fingerprint density at radius 1 is 1.75 bits per heavy atom. The first-order valence-electron chi connectivity index (χ1n) is 2.80. The van der Waals surface area contributed by atoms with Crippen molar-refractivity contribution in [2.45, 2.75) is 18.9 Å². The molecule has 0 saturated carbocycles. The number of hydrogen-bond donors (Lipinski definition) is 1. The molecule has 1 atom stereocenters. The van der Waals surface area contributed by atoms with Crippen LogP contribution in [0.25, 0.3) is 0 Å². The van der Waals surface area contributed by atoms with Crippen LogP contribution in [0.1, 0.15) is 12.8 Å². The second-order valence-electron chi connectivity index (χ2n) is 1.93. The Bertz CT molecular complexity index is 64.9. The molecule has 1 N–H and O–H groups in total. The van der Waals surface area contributed by atoms with E-state index in [1.807, 2.05) is 0 Å². The first-order chi connectivity index (χ1) is 3.80. The normalized spacial score (nSPS) is 26.2. The van der Waals surface area contributed by atoms with Gasteiger partial charge in [0, 0.05) is 6.61 Å². The van der Waals surface area contributed by atoms with Gasteiger partial charge >= 0.3 is 0 Å². The summed E-state index contributed by atoms with van der Waals surface area (Å²) in [7, 11) is 0. The monoisotopic (exact) mass is 114 g/mol. The van der Waals surface area contributed by atoms with E-state index in [4.69, 9.17) is 9.84 Å². The van der Waals surface area contributed by atoms with Gasteiger partial charge in [0.25, 0.3) is 0 Å². The van der Waals surface area contributed by atoms with Crippen molar-refractivity contribution in [3.8, 4) is 0 Å². The minimum Gasteiger partial charge on any atom is -0.390 e. The molecule has 1 aliphatic heterocycles. The van der Waals surface area contributed by atoms with Crippen LogP contribution >= 0.6 is 0 Å². The van der Waals surface area contributed by atoms with E-state index >= 15 is 0 Å². The van der Waals surface area contributed by atoms with Gasteiger partial charge < -0.3 is 9.84 Å². The zero-order valence-electron chi connectivity index (χ0n) is 4.76. The van der Waals surface area contributed by atoms with Crippen molar-refractivity contribution in [3.63, 3.8) is 0 Å². The summed E-state index contributed by atoms with van der Waals surface area (Å²) >= 11 is 0. The van der Waals surface area contributed by atoms with Crippen LogP contribution in [0, 0.1) is 13.0 Å². The molecule has 1 heterocycles. The average molecular weight is 114 g/mol. The molecule has 0 spiro atoms. The number of ether oxygens (including phenoxy) is 1. The second-order valence-corrected chi connectivity index (χ2v) is 1.93. The molecule has 1 saturated heterocycles. The molecule has 2 radical (unpaired) electrons. The predicted octanol–water partition coefficient (Wildman–Crippen LogP) is 0.524. The lowest BCUT2D eigenvalue weighted by Gasteiger charge is -2.08. The van der Waals surface area contributed by atoms with Crippen molar-refractivity contribution in [1.82, 2.24) is 0 Å². The van der Waals surface area contributed by atoms with E-state index in [-0.39, 0.29) is 0 Å². The fraction of sp³-hybridized carbons (Fsp3) is 0.667. The van der Waals surface area contributed by atoms with Gasteiger partial charge in [0.1, 0.15) is 6.10 Å². The van der Waals surface area contributed by atoms with Crippen molar-refractivity contribution in [2.75, 3.05) is 6.61 Å². The van der Waals surface area contributed by atoms with E-state index < -0.39 is 6.10 Å². The molecule has 1 aliphatic rings. The highest BCUT2D eigenvalue weighted by atomic mass is 16.5. The van der Waals surface area contributed by atoms with Crippen molar-refractivity contribution >= 4 is 0 Å². The number of aliphatic hydroxyl groups excluding tert-OH is 1. The molecule has 0 aliphatic carbocycles. The van der Waals surface area contributed by atoms with Gasteiger partial charge in [0.15, 0.2) is 0 Å². The molecule has 1 fully saturated rings. The minimum atomic E-state index is -0.613. The Hall–Kier alpha value is -0.0800. The molecule has 0 aromatic rings. The van der Waals surface area contributed by atoms with E-state index in [1.54, 1.807) is 0 Å². The van der Waals surface area contributed by atoms with Crippen LogP contribution in [-0.4, -0.2) is 17.8 Å². The zero-order valence-corrected chi connectivity index (χ0v) is 4.76. The summed E-state index contributed by atoms with van der Waals surface area (Å²) < 4.78 is 5.02. The molecule has 0 aromatic carbocycles. The van der Waals surface area contributed by atoms with Crippen molar-refractivity contribution < 1.29 is 9.84 Å². The lowest BCUT2D eigenvalue weighted by atomic mass is 10.2. The standard InChI is InChI=1S/C6H10O2/c1-5(7)6-3-2-4-8-6/h5,7H,1-4H2. The maximum absolute atomic E-state index is 8.78. The van der Waals surface area contributed by atoms with Gasteiger partial charge in [-0.3, -0.25) is 0 Å². The summed E-state index contributed by atoms with van der Waals surface area (Å²) in [5.74, 6) is 0. The van der Waals surface area contributed by atoms with E-state index in [2.05, 4.69) is 6.92 Å². The molecule has 2 heteroatoms. The molecular weight excluding hydrogens is 104 g/mol. The Kier molecular flexibility index (Phi) is 1.86. The van der Waals surface area contributed by atoms with E-state index in [9.17, 15) is 0 Å². The van der Waals surface area contributed by atoms with Crippen LogP contribution in [0.15, 0.2) is 0 Å². The molecule has 0 amide bonds. The van der Waals surface area contributed by atoms with Gasteiger partial charge in [-0.25, -0.2) is 0 Å². The van der Waals surface area contributed by atoms with Gasteiger partial charge in [-0.1, -0.05) is 0 Å². The maximum atomic E-state index is 8.78. The third-order valence-electron chi connectivity index (χ3n) is 1.23. The summed E-state index contributed by atoms with van der Waals surface area (Å²) in [6.07, 6.45) is 2.04. The van der Waals surface area contributed by atoms with Crippen LogP contribution < -0.4 is 0 Å². The Morgan fingerprint density at radius 3 is 2.75 bits per heavy atom. The highest BCUT2D eigenvalue weighted by molar-refractivity contribution is 4.92. The minimum absolute atomic E-state index is 0.613. The fourth-order valence-electron chi connectivity index (χ4n) is 0.785. The third-order valence-corrected chi connectivity index (χ3v) is 1.23. The molecule has 46 valence electrons. The van der Waals surface area contributed by atoms with Gasteiger partial charge in [0.05, 0.1) is 6.10 Å². The molecule has 8 heavy (non-hydrogen) atoms. The van der Waals surface area contributed by atoms with Crippen molar-refractivity contribution in [2.24, 2.45) is 0 Å². The van der Waals surface area contributed by atoms with Crippen LogP contribution in [0.4, 0.5) is 0 Å². The Labute approximate surface area is 49.5 Å². The molecule has 1 unspecified atom stereocenters. The molecule has 0 aromatic heterocycles. The highest BCUT2D eigenvalue weighted by Crippen LogP contribution is 2.21. The lowest BCUT2D eigenvalue weighted by Crippen LogP contribution is -2.12. The van der Waals surface area contributed by atoms with Gasteiger partial charge in [-0.15, -0.1) is 0 Å².